The molecule has 0 saturated heterocycles. The molecule has 1 aliphatic rings. The number of aliphatic hydroxyl groups excluding tert-OH is 1. The SMILES string of the molecule is COc1ccc(Br)cc1CC(O)C1(CC(C)C)CCCC1. The maximum absolute atomic E-state index is 10.9. The maximum Gasteiger partial charge on any atom is 0.122 e. The Kier molecular flexibility index (Phi) is 5.73. The number of benzene rings is 1. The van der Waals surface area contributed by atoms with Crippen LogP contribution in [0.4, 0.5) is 0 Å². The van der Waals surface area contributed by atoms with Gasteiger partial charge in [0, 0.05) is 10.9 Å². The minimum atomic E-state index is -0.286. The molecule has 1 N–H and O–H groups in total. The molecule has 0 spiro atoms. The van der Waals surface area contributed by atoms with E-state index >= 15 is 0 Å². The van der Waals surface area contributed by atoms with Gasteiger partial charge in [-0.15, -0.1) is 0 Å². The first kappa shape index (κ1) is 16.8. The molecule has 1 aromatic carbocycles. The molecule has 3 heteroatoms. The molecule has 2 rings (SSSR count). The summed E-state index contributed by atoms with van der Waals surface area (Å²) in [5.74, 6) is 1.50. The lowest BCUT2D eigenvalue weighted by atomic mass is 9.72. The molecule has 118 valence electrons. The molecule has 21 heavy (non-hydrogen) atoms. The second kappa shape index (κ2) is 7.15. The Morgan fingerprint density at radius 1 is 1.29 bits per heavy atom. The molecule has 1 saturated carbocycles. The van der Waals surface area contributed by atoms with Gasteiger partial charge in [0.25, 0.3) is 0 Å². The van der Waals surface area contributed by atoms with Crippen molar-refractivity contribution >= 4 is 15.9 Å². The van der Waals surface area contributed by atoms with Gasteiger partial charge >= 0.3 is 0 Å². The van der Waals surface area contributed by atoms with Crippen LogP contribution in [0.1, 0.15) is 51.5 Å². The third-order valence-corrected chi connectivity index (χ3v) is 5.27. The van der Waals surface area contributed by atoms with Gasteiger partial charge in [0.05, 0.1) is 13.2 Å². The monoisotopic (exact) mass is 354 g/mol. The molecular formula is C18H27BrO2. The highest BCUT2D eigenvalue weighted by Crippen LogP contribution is 2.47. The van der Waals surface area contributed by atoms with E-state index in [0.717, 1.165) is 35.0 Å². The summed E-state index contributed by atoms with van der Waals surface area (Å²) in [7, 11) is 1.69. The van der Waals surface area contributed by atoms with Crippen LogP contribution in [0, 0.1) is 11.3 Å². The molecule has 2 nitrogen and oxygen atoms in total. The summed E-state index contributed by atoms with van der Waals surface area (Å²) in [5.41, 5.74) is 1.19. The molecule has 1 atom stereocenters. The van der Waals surface area contributed by atoms with Crippen LogP contribution < -0.4 is 4.74 Å². The lowest BCUT2D eigenvalue weighted by molar-refractivity contribution is 0.0130. The summed E-state index contributed by atoms with van der Waals surface area (Å²) in [5, 5.41) is 10.9. The summed E-state index contributed by atoms with van der Waals surface area (Å²) in [6.45, 7) is 4.51. The zero-order valence-electron chi connectivity index (χ0n) is 13.4. The van der Waals surface area contributed by atoms with E-state index in [-0.39, 0.29) is 11.5 Å². The van der Waals surface area contributed by atoms with Crippen LogP contribution >= 0.6 is 15.9 Å². The summed E-state index contributed by atoms with van der Waals surface area (Å²) < 4.78 is 6.48. The summed E-state index contributed by atoms with van der Waals surface area (Å²) in [4.78, 5) is 0. The summed E-state index contributed by atoms with van der Waals surface area (Å²) >= 11 is 3.52. The van der Waals surface area contributed by atoms with E-state index in [0.29, 0.717) is 12.3 Å². The maximum atomic E-state index is 10.9. The first-order valence-corrected chi connectivity index (χ1v) is 8.76. The van der Waals surface area contributed by atoms with Crippen molar-refractivity contribution in [2.24, 2.45) is 11.3 Å². The van der Waals surface area contributed by atoms with Gasteiger partial charge < -0.3 is 9.84 Å². The van der Waals surface area contributed by atoms with Gasteiger partial charge in [-0.3, -0.25) is 0 Å². The zero-order valence-corrected chi connectivity index (χ0v) is 14.9. The first-order chi connectivity index (χ1) is 9.97. The Labute approximate surface area is 137 Å². The van der Waals surface area contributed by atoms with Gasteiger partial charge in [0.2, 0.25) is 0 Å². The van der Waals surface area contributed by atoms with Crippen molar-refractivity contribution in [1.82, 2.24) is 0 Å². The zero-order chi connectivity index (χ0) is 15.5. The number of halogens is 1. The second-order valence-corrected chi connectivity index (χ2v) is 7.76. The van der Waals surface area contributed by atoms with Crippen molar-refractivity contribution in [3.8, 4) is 5.75 Å². The van der Waals surface area contributed by atoms with Crippen molar-refractivity contribution < 1.29 is 9.84 Å². The Balaban J connectivity index is 2.19. The van der Waals surface area contributed by atoms with Crippen LogP contribution in [0.15, 0.2) is 22.7 Å². The van der Waals surface area contributed by atoms with E-state index in [1.807, 2.05) is 12.1 Å². The number of aliphatic hydroxyl groups is 1. The van der Waals surface area contributed by atoms with E-state index in [1.165, 1.54) is 12.8 Å². The fourth-order valence-corrected chi connectivity index (χ4v) is 4.31. The smallest absolute Gasteiger partial charge is 0.122 e. The van der Waals surface area contributed by atoms with Crippen LogP contribution in [-0.2, 0) is 6.42 Å². The normalized spacial score (nSPS) is 19.0. The van der Waals surface area contributed by atoms with Crippen LogP contribution in [0.25, 0.3) is 0 Å². The van der Waals surface area contributed by atoms with E-state index in [4.69, 9.17) is 4.74 Å². The predicted molar refractivity (Wildman–Crippen MR) is 90.8 cm³/mol. The Morgan fingerprint density at radius 3 is 2.52 bits per heavy atom. The Hall–Kier alpha value is -0.540. The van der Waals surface area contributed by atoms with Crippen molar-refractivity contribution in [3.63, 3.8) is 0 Å². The summed E-state index contributed by atoms with van der Waals surface area (Å²) in [6.07, 6.45) is 6.31. The molecule has 1 aromatic rings. The lowest BCUT2D eigenvalue weighted by Gasteiger charge is -2.36. The standard InChI is InChI=1S/C18H27BrO2/c1-13(2)12-18(8-4-5-9-18)17(20)11-14-10-15(19)6-7-16(14)21-3/h6-7,10,13,17,20H,4-5,8-9,11-12H2,1-3H3. The van der Waals surface area contributed by atoms with Crippen molar-refractivity contribution in [2.75, 3.05) is 7.11 Å². The molecule has 0 bridgehead atoms. The highest BCUT2D eigenvalue weighted by Gasteiger charge is 2.40. The molecule has 1 fully saturated rings. The molecule has 0 aromatic heterocycles. The predicted octanol–water partition coefficient (Wildman–Crippen LogP) is 4.97. The quantitative estimate of drug-likeness (QED) is 0.781. The number of ether oxygens (including phenoxy) is 1. The largest absolute Gasteiger partial charge is 0.496 e. The number of rotatable bonds is 6. The van der Waals surface area contributed by atoms with Gasteiger partial charge in [0.15, 0.2) is 0 Å². The number of hydrogen-bond acceptors (Lipinski definition) is 2. The van der Waals surface area contributed by atoms with Crippen molar-refractivity contribution in [1.29, 1.82) is 0 Å². The van der Waals surface area contributed by atoms with Crippen LogP contribution in [0.3, 0.4) is 0 Å². The van der Waals surface area contributed by atoms with Gasteiger partial charge in [-0.2, -0.15) is 0 Å². The van der Waals surface area contributed by atoms with Crippen molar-refractivity contribution in [2.45, 2.75) is 58.5 Å². The average Bonchev–Trinajstić information content (AvgIpc) is 2.88. The fraction of sp³-hybridized carbons (Fsp3) is 0.667. The van der Waals surface area contributed by atoms with E-state index in [9.17, 15) is 5.11 Å². The number of hydrogen-bond donors (Lipinski definition) is 1. The molecule has 0 amide bonds. The number of methoxy groups -OCH3 is 1. The van der Waals surface area contributed by atoms with E-state index in [2.05, 4.69) is 35.8 Å². The molecular weight excluding hydrogens is 328 g/mol. The van der Waals surface area contributed by atoms with Gasteiger partial charge in [-0.25, -0.2) is 0 Å². The van der Waals surface area contributed by atoms with Gasteiger partial charge in [-0.05, 0) is 54.4 Å². The van der Waals surface area contributed by atoms with E-state index in [1.54, 1.807) is 7.11 Å². The fourth-order valence-electron chi connectivity index (χ4n) is 3.90. The van der Waals surface area contributed by atoms with Crippen molar-refractivity contribution in [3.05, 3.63) is 28.2 Å². The minimum absolute atomic E-state index is 0.0987. The topological polar surface area (TPSA) is 29.5 Å². The molecule has 1 aliphatic carbocycles. The highest BCUT2D eigenvalue weighted by atomic mass is 79.9. The average molecular weight is 355 g/mol. The lowest BCUT2D eigenvalue weighted by Crippen LogP contribution is -2.35. The molecule has 0 radical (unpaired) electrons. The minimum Gasteiger partial charge on any atom is -0.496 e. The van der Waals surface area contributed by atoms with Crippen LogP contribution in [0.2, 0.25) is 0 Å². The second-order valence-electron chi connectivity index (χ2n) is 6.84. The third-order valence-electron chi connectivity index (χ3n) is 4.78. The van der Waals surface area contributed by atoms with E-state index < -0.39 is 0 Å². The Bertz CT molecular complexity index is 464. The third kappa shape index (κ3) is 4.01. The van der Waals surface area contributed by atoms with Gasteiger partial charge in [0.1, 0.15) is 5.75 Å². The molecule has 1 unspecified atom stereocenters. The van der Waals surface area contributed by atoms with Gasteiger partial charge in [-0.1, -0.05) is 42.6 Å². The highest BCUT2D eigenvalue weighted by molar-refractivity contribution is 9.10. The molecule has 0 heterocycles. The Morgan fingerprint density at radius 2 is 1.95 bits per heavy atom. The molecule has 0 aliphatic heterocycles. The van der Waals surface area contributed by atoms with Crippen LogP contribution in [0.5, 0.6) is 5.75 Å². The van der Waals surface area contributed by atoms with Crippen LogP contribution in [-0.4, -0.2) is 18.3 Å². The summed E-state index contributed by atoms with van der Waals surface area (Å²) in [6, 6.07) is 6.02. The first-order valence-electron chi connectivity index (χ1n) is 7.97.